The molecule has 0 aliphatic carbocycles. The predicted molar refractivity (Wildman–Crippen MR) is 84.6 cm³/mol. The first-order valence-corrected chi connectivity index (χ1v) is 7.13. The fourth-order valence-corrected chi connectivity index (χ4v) is 2.29. The van der Waals surface area contributed by atoms with Gasteiger partial charge in [0.2, 0.25) is 0 Å². The standard InChI is InChI=1S/C17H13ClN2O2/c18-14-5-2-1-4-13(14)17(21)20-11-12-7-8-19-15(10-12)16-6-3-9-22-16/h1-10H,11H2,(H,20,21). The van der Waals surface area contributed by atoms with E-state index in [2.05, 4.69) is 10.3 Å². The highest BCUT2D eigenvalue weighted by Gasteiger charge is 2.09. The number of nitrogens with zero attached hydrogens (tertiary/aromatic N) is 1. The molecular formula is C17H13ClN2O2. The number of halogens is 1. The maximum absolute atomic E-state index is 12.1. The molecule has 0 spiro atoms. The smallest absolute Gasteiger partial charge is 0.253 e. The van der Waals surface area contributed by atoms with Gasteiger partial charge in [-0.2, -0.15) is 0 Å². The zero-order valence-electron chi connectivity index (χ0n) is 11.6. The molecule has 1 aromatic carbocycles. The summed E-state index contributed by atoms with van der Waals surface area (Å²) in [6, 6.07) is 14.3. The Morgan fingerprint density at radius 3 is 2.82 bits per heavy atom. The lowest BCUT2D eigenvalue weighted by Crippen LogP contribution is -2.23. The number of nitrogens with one attached hydrogen (secondary N) is 1. The molecule has 0 saturated heterocycles. The number of hydrogen-bond donors (Lipinski definition) is 1. The number of pyridine rings is 1. The largest absolute Gasteiger partial charge is 0.463 e. The van der Waals surface area contributed by atoms with Crippen molar-refractivity contribution in [3.63, 3.8) is 0 Å². The second-order valence-corrected chi connectivity index (χ2v) is 5.10. The Labute approximate surface area is 132 Å². The lowest BCUT2D eigenvalue weighted by atomic mass is 10.2. The van der Waals surface area contributed by atoms with Gasteiger partial charge in [-0.3, -0.25) is 9.78 Å². The highest BCUT2D eigenvalue weighted by atomic mass is 35.5. The van der Waals surface area contributed by atoms with Crippen molar-refractivity contribution in [2.45, 2.75) is 6.54 Å². The summed E-state index contributed by atoms with van der Waals surface area (Å²) in [7, 11) is 0. The molecule has 1 amide bonds. The Morgan fingerprint density at radius 1 is 1.18 bits per heavy atom. The van der Waals surface area contributed by atoms with E-state index in [0.29, 0.717) is 22.9 Å². The van der Waals surface area contributed by atoms with Crippen LogP contribution >= 0.6 is 11.6 Å². The number of rotatable bonds is 4. The summed E-state index contributed by atoms with van der Waals surface area (Å²) in [6.45, 7) is 0.389. The third-order valence-corrected chi connectivity index (χ3v) is 3.50. The van der Waals surface area contributed by atoms with Gasteiger partial charge in [0.25, 0.3) is 5.91 Å². The van der Waals surface area contributed by atoms with Crippen LogP contribution in [0, 0.1) is 0 Å². The molecule has 5 heteroatoms. The van der Waals surface area contributed by atoms with Gasteiger partial charge < -0.3 is 9.73 Å². The second kappa shape index (κ2) is 6.45. The SMILES string of the molecule is O=C(NCc1ccnc(-c2ccco2)c1)c1ccccc1Cl. The molecule has 0 unspecified atom stereocenters. The van der Waals surface area contributed by atoms with Crippen molar-refractivity contribution in [2.24, 2.45) is 0 Å². The van der Waals surface area contributed by atoms with Gasteiger partial charge in [-0.25, -0.2) is 0 Å². The average Bonchev–Trinajstić information content (AvgIpc) is 3.08. The Morgan fingerprint density at radius 2 is 2.05 bits per heavy atom. The minimum Gasteiger partial charge on any atom is -0.463 e. The van der Waals surface area contributed by atoms with Crippen LogP contribution in [0.3, 0.4) is 0 Å². The first-order chi connectivity index (χ1) is 10.7. The molecule has 0 radical (unpaired) electrons. The van der Waals surface area contributed by atoms with Gasteiger partial charge in [0.05, 0.1) is 16.8 Å². The third kappa shape index (κ3) is 3.18. The summed E-state index contributed by atoms with van der Waals surface area (Å²) >= 11 is 6.01. The van der Waals surface area contributed by atoms with E-state index in [9.17, 15) is 4.79 Å². The van der Waals surface area contributed by atoms with Crippen LogP contribution in [0.5, 0.6) is 0 Å². The Kier molecular flexibility index (Phi) is 4.21. The van der Waals surface area contributed by atoms with Crippen molar-refractivity contribution in [1.29, 1.82) is 0 Å². The fourth-order valence-electron chi connectivity index (χ4n) is 2.07. The molecule has 110 valence electrons. The van der Waals surface area contributed by atoms with Crippen molar-refractivity contribution in [3.05, 3.63) is 77.1 Å². The second-order valence-electron chi connectivity index (χ2n) is 4.69. The summed E-state index contributed by atoms with van der Waals surface area (Å²) in [5.74, 6) is 0.487. The van der Waals surface area contributed by atoms with Gasteiger partial charge in [0.15, 0.2) is 5.76 Å². The normalized spacial score (nSPS) is 10.4. The minimum atomic E-state index is -0.207. The Bertz CT molecular complexity index is 785. The Balaban J connectivity index is 1.71. The van der Waals surface area contributed by atoms with Crippen molar-refractivity contribution in [2.75, 3.05) is 0 Å². The monoisotopic (exact) mass is 312 g/mol. The van der Waals surface area contributed by atoms with E-state index < -0.39 is 0 Å². The maximum Gasteiger partial charge on any atom is 0.253 e. The topological polar surface area (TPSA) is 55.1 Å². The number of benzene rings is 1. The lowest BCUT2D eigenvalue weighted by molar-refractivity contribution is 0.0951. The number of carbonyl (C=O) groups excluding carboxylic acids is 1. The molecule has 22 heavy (non-hydrogen) atoms. The minimum absolute atomic E-state index is 0.207. The van der Waals surface area contributed by atoms with Gasteiger partial charge in [-0.15, -0.1) is 0 Å². The van der Waals surface area contributed by atoms with Crippen molar-refractivity contribution in [3.8, 4) is 11.5 Å². The van der Waals surface area contributed by atoms with Crippen LogP contribution in [0.4, 0.5) is 0 Å². The average molecular weight is 313 g/mol. The first-order valence-electron chi connectivity index (χ1n) is 6.75. The number of amides is 1. The summed E-state index contributed by atoms with van der Waals surface area (Å²) in [6.07, 6.45) is 3.29. The molecule has 0 atom stereocenters. The van der Waals surface area contributed by atoms with E-state index in [4.69, 9.17) is 16.0 Å². The van der Waals surface area contributed by atoms with Gasteiger partial charge in [-0.05, 0) is 42.0 Å². The van der Waals surface area contributed by atoms with Crippen LogP contribution in [0.15, 0.2) is 65.4 Å². The Hall–Kier alpha value is -2.59. The van der Waals surface area contributed by atoms with E-state index in [1.165, 1.54) is 0 Å². The summed E-state index contributed by atoms with van der Waals surface area (Å²) in [5.41, 5.74) is 2.13. The number of aromatic nitrogens is 1. The van der Waals surface area contributed by atoms with Crippen molar-refractivity contribution >= 4 is 17.5 Å². The van der Waals surface area contributed by atoms with E-state index in [1.807, 2.05) is 24.3 Å². The van der Waals surface area contributed by atoms with Crippen LogP contribution in [-0.2, 0) is 6.54 Å². The maximum atomic E-state index is 12.1. The molecule has 3 rings (SSSR count). The fraction of sp³-hybridized carbons (Fsp3) is 0.0588. The quantitative estimate of drug-likeness (QED) is 0.794. The summed E-state index contributed by atoms with van der Waals surface area (Å²) in [4.78, 5) is 16.4. The third-order valence-electron chi connectivity index (χ3n) is 3.17. The van der Waals surface area contributed by atoms with E-state index in [0.717, 1.165) is 11.3 Å². The lowest BCUT2D eigenvalue weighted by Gasteiger charge is -2.07. The molecule has 0 bridgehead atoms. The van der Waals surface area contributed by atoms with Crippen molar-refractivity contribution in [1.82, 2.24) is 10.3 Å². The molecule has 0 aliphatic rings. The summed E-state index contributed by atoms with van der Waals surface area (Å²) in [5, 5.41) is 3.28. The van der Waals surface area contributed by atoms with Gasteiger partial charge in [-0.1, -0.05) is 23.7 Å². The molecule has 2 aromatic heterocycles. The van der Waals surface area contributed by atoms with Gasteiger partial charge in [0.1, 0.15) is 5.69 Å². The molecule has 1 N–H and O–H groups in total. The summed E-state index contributed by atoms with van der Waals surface area (Å²) < 4.78 is 5.32. The van der Waals surface area contributed by atoms with E-state index in [-0.39, 0.29) is 5.91 Å². The highest BCUT2D eigenvalue weighted by Crippen LogP contribution is 2.18. The number of hydrogen-bond acceptors (Lipinski definition) is 3. The molecule has 0 aliphatic heterocycles. The zero-order valence-corrected chi connectivity index (χ0v) is 12.4. The molecular weight excluding hydrogens is 300 g/mol. The number of carbonyl (C=O) groups is 1. The first kappa shape index (κ1) is 14.4. The van der Waals surface area contributed by atoms with Crippen LogP contribution in [-0.4, -0.2) is 10.9 Å². The van der Waals surface area contributed by atoms with Gasteiger partial charge >= 0.3 is 0 Å². The number of furan rings is 1. The van der Waals surface area contributed by atoms with Crippen LogP contribution < -0.4 is 5.32 Å². The molecule has 0 fully saturated rings. The van der Waals surface area contributed by atoms with Crippen LogP contribution in [0.2, 0.25) is 5.02 Å². The van der Waals surface area contributed by atoms with Gasteiger partial charge in [0, 0.05) is 12.7 Å². The van der Waals surface area contributed by atoms with Crippen LogP contribution in [0.1, 0.15) is 15.9 Å². The molecule has 4 nitrogen and oxygen atoms in total. The molecule has 3 aromatic rings. The van der Waals surface area contributed by atoms with Crippen molar-refractivity contribution < 1.29 is 9.21 Å². The van der Waals surface area contributed by atoms with E-state index in [1.54, 1.807) is 36.7 Å². The van der Waals surface area contributed by atoms with Crippen LogP contribution in [0.25, 0.3) is 11.5 Å². The molecule has 0 saturated carbocycles. The molecule has 2 heterocycles. The predicted octanol–water partition coefficient (Wildman–Crippen LogP) is 3.93. The highest BCUT2D eigenvalue weighted by molar-refractivity contribution is 6.33. The zero-order chi connectivity index (χ0) is 15.4. The van der Waals surface area contributed by atoms with E-state index >= 15 is 0 Å².